The fourth-order valence-corrected chi connectivity index (χ4v) is 5.53. The molecule has 0 unspecified atom stereocenters. The van der Waals surface area contributed by atoms with Gasteiger partial charge in [0.15, 0.2) is 10.8 Å². The van der Waals surface area contributed by atoms with Gasteiger partial charge in [0.2, 0.25) is 5.91 Å². The van der Waals surface area contributed by atoms with Crippen molar-refractivity contribution in [3.8, 4) is 10.8 Å². The molecule has 0 atom stereocenters. The third-order valence-corrected chi connectivity index (χ3v) is 7.23. The largest absolute Gasteiger partial charge is 0.462 e. The number of hydrogen-bond donors (Lipinski definition) is 0. The Morgan fingerprint density at radius 2 is 2.00 bits per heavy atom. The number of fused-ring (bicyclic) bond motifs is 1. The molecule has 28 heavy (non-hydrogen) atoms. The molecule has 1 aromatic carbocycles. The molecule has 0 N–H and O–H groups in total. The summed E-state index contributed by atoms with van der Waals surface area (Å²) in [5.74, 6) is 1.35. The summed E-state index contributed by atoms with van der Waals surface area (Å²) in [6, 6.07) is 12.0. The predicted octanol–water partition coefficient (Wildman–Crippen LogP) is 4.96. The number of rotatable bonds is 4. The highest BCUT2D eigenvalue weighted by Crippen LogP contribution is 2.34. The molecule has 1 amide bonds. The second-order valence-corrected chi connectivity index (χ2v) is 8.89. The number of para-hydroxylation sites is 1. The van der Waals surface area contributed by atoms with E-state index in [0.717, 1.165) is 47.9 Å². The first kappa shape index (κ1) is 17.6. The summed E-state index contributed by atoms with van der Waals surface area (Å²) >= 11 is 3.30. The highest BCUT2D eigenvalue weighted by atomic mass is 32.1. The molecule has 1 aliphatic rings. The molecule has 0 spiro atoms. The lowest BCUT2D eigenvalue weighted by Gasteiger charge is -2.31. The second kappa shape index (κ2) is 7.48. The maximum absolute atomic E-state index is 12.7. The highest BCUT2D eigenvalue weighted by Gasteiger charge is 2.26. The molecule has 1 aliphatic heterocycles. The SMILES string of the molecule is O=C(Cc1csc(-c2ccco2)n1)N1CCC(c2nc3ccccc3s2)CC1. The van der Waals surface area contributed by atoms with E-state index in [1.54, 1.807) is 17.6 Å². The summed E-state index contributed by atoms with van der Waals surface area (Å²) in [6.07, 6.45) is 3.93. The lowest BCUT2D eigenvalue weighted by Crippen LogP contribution is -2.38. The predicted molar refractivity (Wildman–Crippen MR) is 112 cm³/mol. The minimum atomic E-state index is 0.152. The molecular weight excluding hydrogens is 390 g/mol. The molecule has 7 heteroatoms. The van der Waals surface area contributed by atoms with Crippen LogP contribution in [-0.2, 0) is 11.2 Å². The quantitative estimate of drug-likeness (QED) is 0.478. The van der Waals surface area contributed by atoms with Gasteiger partial charge in [-0.15, -0.1) is 22.7 Å². The van der Waals surface area contributed by atoms with E-state index >= 15 is 0 Å². The van der Waals surface area contributed by atoms with Gasteiger partial charge in [0.1, 0.15) is 0 Å². The molecule has 0 aliphatic carbocycles. The molecule has 142 valence electrons. The lowest BCUT2D eigenvalue weighted by atomic mass is 9.97. The number of aromatic nitrogens is 2. The maximum Gasteiger partial charge on any atom is 0.228 e. The van der Waals surface area contributed by atoms with Crippen molar-refractivity contribution >= 4 is 38.8 Å². The molecule has 1 saturated heterocycles. The van der Waals surface area contributed by atoms with Crippen LogP contribution in [0, 0.1) is 0 Å². The van der Waals surface area contributed by atoms with E-state index in [0.29, 0.717) is 12.3 Å². The first-order valence-corrected chi connectivity index (χ1v) is 11.1. The van der Waals surface area contributed by atoms with Crippen molar-refractivity contribution in [1.29, 1.82) is 0 Å². The van der Waals surface area contributed by atoms with Crippen molar-refractivity contribution < 1.29 is 9.21 Å². The van der Waals surface area contributed by atoms with E-state index in [1.165, 1.54) is 21.0 Å². The van der Waals surface area contributed by atoms with Crippen LogP contribution >= 0.6 is 22.7 Å². The molecule has 5 nitrogen and oxygen atoms in total. The average molecular weight is 410 g/mol. The number of hydrogen-bond acceptors (Lipinski definition) is 6. The number of piperidine rings is 1. The number of thiazole rings is 2. The average Bonchev–Trinajstić information content (AvgIpc) is 3.47. The van der Waals surface area contributed by atoms with Gasteiger partial charge in [-0.3, -0.25) is 4.79 Å². The monoisotopic (exact) mass is 409 g/mol. The summed E-state index contributed by atoms with van der Waals surface area (Å²) in [5.41, 5.74) is 1.89. The normalized spacial score (nSPS) is 15.4. The molecule has 5 rings (SSSR count). The Kier molecular flexibility index (Phi) is 4.70. The van der Waals surface area contributed by atoms with E-state index < -0.39 is 0 Å². The number of carbonyl (C=O) groups is 1. The van der Waals surface area contributed by atoms with Crippen LogP contribution in [-0.4, -0.2) is 33.9 Å². The Balaban J connectivity index is 1.20. The first-order valence-electron chi connectivity index (χ1n) is 9.38. The third-order valence-electron chi connectivity index (χ3n) is 5.12. The topological polar surface area (TPSA) is 59.2 Å². The Morgan fingerprint density at radius 3 is 2.79 bits per heavy atom. The smallest absolute Gasteiger partial charge is 0.228 e. The standard InChI is InChI=1S/C21H19N3O2S2/c25-19(12-15-13-27-21(22-15)17-5-3-11-26-17)24-9-7-14(8-10-24)20-23-16-4-1-2-6-18(16)28-20/h1-6,11,13-14H,7-10,12H2. The number of carbonyl (C=O) groups excluding carboxylic acids is 1. The van der Waals surface area contributed by atoms with Gasteiger partial charge in [0.05, 0.1) is 33.6 Å². The van der Waals surface area contributed by atoms with Crippen molar-refractivity contribution in [2.45, 2.75) is 25.2 Å². The van der Waals surface area contributed by atoms with Crippen LogP contribution in [0.4, 0.5) is 0 Å². The Labute approximate surface area is 170 Å². The number of furan rings is 1. The van der Waals surface area contributed by atoms with Gasteiger partial charge < -0.3 is 9.32 Å². The van der Waals surface area contributed by atoms with Crippen molar-refractivity contribution in [2.75, 3.05) is 13.1 Å². The zero-order chi connectivity index (χ0) is 18.9. The third kappa shape index (κ3) is 3.47. The van der Waals surface area contributed by atoms with Crippen LogP contribution in [0.2, 0.25) is 0 Å². The highest BCUT2D eigenvalue weighted by molar-refractivity contribution is 7.18. The van der Waals surface area contributed by atoms with Crippen LogP contribution in [0.15, 0.2) is 52.5 Å². The molecular formula is C21H19N3O2S2. The minimum Gasteiger partial charge on any atom is -0.462 e. The van der Waals surface area contributed by atoms with Gasteiger partial charge in [-0.2, -0.15) is 0 Å². The van der Waals surface area contributed by atoms with Crippen LogP contribution in [0.25, 0.3) is 21.0 Å². The summed E-state index contributed by atoms with van der Waals surface area (Å²) in [7, 11) is 0. The van der Waals surface area contributed by atoms with Gasteiger partial charge >= 0.3 is 0 Å². The Morgan fingerprint density at radius 1 is 1.14 bits per heavy atom. The van der Waals surface area contributed by atoms with E-state index in [2.05, 4.69) is 23.2 Å². The Bertz CT molecular complexity index is 1060. The van der Waals surface area contributed by atoms with Crippen molar-refractivity contribution in [3.63, 3.8) is 0 Å². The van der Waals surface area contributed by atoms with Crippen LogP contribution in [0.1, 0.15) is 29.5 Å². The van der Waals surface area contributed by atoms with Crippen LogP contribution < -0.4 is 0 Å². The summed E-state index contributed by atoms with van der Waals surface area (Å²) in [5, 5.41) is 3.97. The van der Waals surface area contributed by atoms with Gasteiger partial charge in [0, 0.05) is 24.4 Å². The molecule has 4 heterocycles. The second-order valence-electron chi connectivity index (χ2n) is 6.97. The molecule has 0 radical (unpaired) electrons. The maximum atomic E-state index is 12.7. The van der Waals surface area contributed by atoms with Gasteiger partial charge in [-0.1, -0.05) is 12.1 Å². The molecule has 3 aromatic heterocycles. The van der Waals surface area contributed by atoms with Crippen molar-refractivity contribution in [1.82, 2.24) is 14.9 Å². The fraction of sp³-hybridized carbons (Fsp3) is 0.286. The number of amides is 1. The zero-order valence-electron chi connectivity index (χ0n) is 15.2. The van der Waals surface area contributed by atoms with Crippen molar-refractivity contribution in [3.05, 3.63) is 58.7 Å². The number of benzene rings is 1. The van der Waals surface area contributed by atoms with Crippen LogP contribution in [0.3, 0.4) is 0 Å². The Hall–Kier alpha value is -2.51. The molecule has 0 saturated carbocycles. The van der Waals surface area contributed by atoms with Gasteiger partial charge in [0.25, 0.3) is 0 Å². The van der Waals surface area contributed by atoms with E-state index in [4.69, 9.17) is 9.40 Å². The number of nitrogens with zero attached hydrogens (tertiary/aromatic N) is 3. The van der Waals surface area contributed by atoms with Crippen molar-refractivity contribution in [2.24, 2.45) is 0 Å². The molecule has 0 bridgehead atoms. The summed E-state index contributed by atoms with van der Waals surface area (Å²) < 4.78 is 6.62. The first-order chi connectivity index (χ1) is 13.8. The van der Waals surface area contributed by atoms with Crippen LogP contribution in [0.5, 0.6) is 0 Å². The zero-order valence-corrected chi connectivity index (χ0v) is 16.8. The van der Waals surface area contributed by atoms with Gasteiger partial charge in [-0.25, -0.2) is 9.97 Å². The fourth-order valence-electron chi connectivity index (χ4n) is 3.61. The summed E-state index contributed by atoms with van der Waals surface area (Å²) in [4.78, 5) is 24.0. The van der Waals surface area contributed by atoms with Gasteiger partial charge in [-0.05, 0) is 37.1 Å². The summed E-state index contributed by atoms with van der Waals surface area (Å²) in [6.45, 7) is 1.57. The minimum absolute atomic E-state index is 0.152. The van der Waals surface area contributed by atoms with E-state index in [9.17, 15) is 4.79 Å². The van der Waals surface area contributed by atoms with E-state index in [1.807, 2.05) is 28.5 Å². The molecule has 4 aromatic rings. The molecule has 1 fully saturated rings. The van der Waals surface area contributed by atoms with E-state index in [-0.39, 0.29) is 5.91 Å². The number of likely N-dealkylation sites (tertiary alicyclic amines) is 1. The lowest BCUT2D eigenvalue weighted by molar-refractivity contribution is -0.131.